The topological polar surface area (TPSA) is 69.9 Å². The Labute approximate surface area is 71.1 Å². The van der Waals surface area contributed by atoms with Crippen LogP contribution in [-0.2, 0) is 4.74 Å². The number of aliphatic hydroxyl groups is 3. The lowest BCUT2D eigenvalue weighted by Crippen LogP contribution is -2.46. The van der Waals surface area contributed by atoms with Gasteiger partial charge in [-0.25, -0.2) is 0 Å². The number of aliphatic hydroxyl groups excluding tert-OH is 3. The highest BCUT2D eigenvalue weighted by Crippen LogP contribution is 2.22. The normalized spacial score (nSPS) is 42.6. The van der Waals surface area contributed by atoms with E-state index in [0.717, 1.165) is 0 Å². The molecule has 4 atom stereocenters. The quantitative estimate of drug-likeness (QED) is 0.488. The Hall–Kier alpha value is -0.580. The highest BCUT2D eigenvalue weighted by molar-refractivity contribution is 4.98. The van der Waals surface area contributed by atoms with E-state index in [9.17, 15) is 10.2 Å². The van der Waals surface area contributed by atoms with Gasteiger partial charge in [0.1, 0.15) is 11.9 Å². The summed E-state index contributed by atoms with van der Waals surface area (Å²) in [5, 5.41) is 27.6. The van der Waals surface area contributed by atoms with Crippen molar-refractivity contribution in [3.8, 4) is 0 Å². The molecule has 1 rings (SSSR count). The molecule has 1 heterocycles. The lowest BCUT2D eigenvalue weighted by molar-refractivity contribution is -0.157. The highest BCUT2D eigenvalue weighted by atomic mass is 16.5. The van der Waals surface area contributed by atoms with Crippen LogP contribution in [0.3, 0.4) is 0 Å². The molecule has 0 spiro atoms. The third kappa shape index (κ3) is 1.77. The van der Waals surface area contributed by atoms with E-state index in [2.05, 4.69) is 6.58 Å². The molecule has 0 saturated carbocycles. The average Bonchev–Trinajstić information content (AvgIpc) is 1.96. The second-order valence-corrected chi connectivity index (χ2v) is 3.12. The van der Waals surface area contributed by atoms with Crippen LogP contribution in [0, 0.1) is 0 Å². The molecule has 1 saturated heterocycles. The fourth-order valence-corrected chi connectivity index (χ4v) is 1.28. The molecule has 12 heavy (non-hydrogen) atoms. The van der Waals surface area contributed by atoms with Gasteiger partial charge in [0, 0.05) is 6.42 Å². The Balaban J connectivity index is 2.61. The Morgan fingerprint density at radius 1 is 1.42 bits per heavy atom. The van der Waals surface area contributed by atoms with Gasteiger partial charge in [-0.15, -0.1) is 0 Å². The summed E-state index contributed by atoms with van der Waals surface area (Å²) in [6.45, 7) is 4.96. The van der Waals surface area contributed by atoms with E-state index in [1.165, 1.54) is 0 Å². The predicted molar refractivity (Wildman–Crippen MR) is 42.7 cm³/mol. The van der Waals surface area contributed by atoms with Crippen LogP contribution in [0.5, 0.6) is 0 Å². The van der Waals surface area contributed by atoms with E-state index >= 15 is 0 Å². The molecule has 0 radical (unpaired) electrons. The summed E-state index contributed by atoms with van der Waals surface area (Å²) < 4.78 is 5.12. The fraction of sp³-hybridized carbons (Fsp3) is 0.750. The van der Waals surface area contributed by atoms with Gasteiger partial charge in [0.05, 0.1) is 18.3 Å². The predicted octanol–water partition coefficient (Wildman–Crippen LogP) is -0.0427. The first-order valence-electron chi connectivity index (χ1n) is 3.91. The van der Waals surface area contributed by atoms with Crippen molar-refractivity contribution < 1.29 is 20.1 Å². The molecule has 0 amide bonds. The summed E-state index contributed by atoms with van der Waals surface area (Å²) in [7, 11) is 0. The Morgan fingerprint density at radius 2 is 2.00 bits per heavy atom. The van der Waals surface area contributed by atoms with E-state index in [0.29, 0.717) is 0 Å². The van der Waals surface area contributed by atoms with Gasteiger partial charge in [-0.1, -0.05) is 6.58 Å². The monoisotopic (exact) mass is 174 g/mol. The van der Waals surface area contributed by atoms with Crippen LogP contribution in [-0.4, -0.2) is 39.7 Å². The zero-order valence-corrected chi connectivity index (χ0v) is 6.97. The van der Waals surface area contributed by atoms with Crippen LogP contribution in [0.15, 0.2) is 12.3 Å². The SMILES string of the molecule is C=C(O)[C@H]1O[C@@H](C)[C@H](O)C[C@@H]1O. The van der Waals surface area contributed by atoms with Crippen molar-refractivity contribution in [1.29, 1.82) is 0 Å². The van der Waals surface area contributed by atoms with Crippen LogP contribution in [0.4, 0.5) is 0 Å². The van der Waals surface area contributed by atoms with Gasteiger partial charge >= 0.3 is 0 Å². The van der Waals surface area contributed by atoms with E-state index in [-0.39, 0.29) is 18.3 Å². The molecular formula is C8H14O4. The summed E-state index contributed by atoms with van der Waals surface area (Å²) in [5.74, 6) is -0.193. The van der Waals surface area contributed by atoms with Crippen LogP contribution in [0.1, 0.15) is 13.3 Å². The van der Waals surface area contributed by atoms with Crippen molar-refractivity contribution in [1.82, 2.24) is 0 Å². The smallest absolute Gasteiger partial charge is 0.140 e. The molecule has 0 aromatic heterocycles. The minimum absolute atomic E-state index is 0.193. The zero-order chi connectivity index (χ0) is 9.30. The molecule has 1 fully saturated rings. The zero-order valence-electron chi connectivity index (χ0n) is 6.97. The van der Waals surface area contributed by atoms with Crippen LogP contribution >= 0.6 is 0 Å². The third-order valence-electron chi connectivity index (χ3n) is 2.06. The molecule has 0 unspecified atom stereocenters. The van der Waals surface area contributed by atoms with Gasteiger partial charge < -0.3 is 20.1 Å². The van der Waals surface area contributed by atoms with Gasteiger partial charge in [-0.2, -0.15) is 0 Å². The Bertz CT molecular complexity index is 180. The molecule has 70 valence electrons. The number of rotatable bonds is 1. The molecule has 1 aliphatic heterocycles. The summed E-state index contributed by atoms with van der Waals surface area (Å²) in [6.07, 6.45) is -2.46. The minimum atomic E-state index is -0.867. The number of ether oxygens (including phenoxy) is 1. The standard InChI is InChI=1S/C8H14O4/c1-4(9)8-7(11)3-6(10)5(2)12-8/h5-11H,1,3H2,2H3/t5-,6+,7-,8+/m0/s1. The first-order valence-corrected chi connectivity index (χ1v) is 3.91. The van der Waals surface area contributed by atoms with Gasteiger partial charge in [-0.05, 0) is 6.92 Å². The maximum absolute atomic E-state index is 9.32. The minimum Gasteiger partial charge on any atom is -0.510 e. The van der Waals surface area contributed by atoms with E-state index in [1.807, 2.05) is 0 Å². The molecule has 0 bridgehead atoms. The third-order valence-corrected chi connectivity index (χ3v) is 2.06. The van der Waals surface area contributed by atoms with Crippen molar-refractivity contribution >= 4 is 0 Å². The van der Waals surface area contributed by atoms with Crippen molar-refractivity contribution in [2.75, 3.05) is 0 Å². The molecule has 0 aromatic carbocycles. The first-order chi connectivity index (χ1) is 5.52. The van der Waals surface area contributed by atoms with Crippen molar-refractivity contribution in [3.05, 3.63) is 12.3 Å². The molecule has 3 N–H and O–H groups in total. The molecular weight excluding hydrogens is 160 g/mol. The summed E-state index contributed by atoms with van der Waals surface area (Å²) in [5.41, 5.74) is 0. The maximum atomic E-state index is 9.32. The van der Waals surface area contributed by atoms with E-state index < -0.39 is 18.3 Å². The Kier molecular flexibility index (Phi) is 2.72. The Morgan fingerprint density at radius 3 is 2.50 bits per heavy atom. The molecule has 0 aliphatic carbocycles. The van der Waals surface area contributed by atoms with Crippen molar-refractivity contribution in [2.24, 2.45) is 0 Å². The lowest BCUT2D eigenvalue weighted by atomic mass is 9.98. The second kappa shape index (κ2) is 3.43. The lowest BCUT2D eigenvalue weighted by Gasteiger charge is -2.34. The van der Waals surface area contributed by atoms with Crippen LogP contribution in [0.25, 0.3) is 0 Å². The molecule has 4 heteroatoms. The van der Waals surface area contributed by atoms with E-state index in [1.54, 1.807) is 6.92 Å². The van der Waals surface area contributed by atoms with Crippen LogP contribution < -0.4 is 0 Å². The van der Waals surface area contributed by atoms with Crippen molar-refractivity contribution in [2.45, 2.75) is 37.8 Å². The summed E-state index contributed by atoms with van der Waals surface area (Å²) in [4.78, 5) is 0. The number of hydrogen-bond acceptors (Lipinski definition) is 4. The van der Waals surface area contributed by atoms with Crippen molar-refractivity contribution in [3.63, 3.8) is 0 Å². The first kappa shape index (κ1) is 9.51. The summed E-state index contributed by atoms with van der Waals surface area (Å²) in [6, 6.07) is 0. The fourth-order valence-electron chi connectivity index (χ4n) is 1.28. The van der Waals surface area contributed by atoms with Gasteiger partial charge in [0.25, 0.3) is 0 Å². The molecule has 4 nitrogen and oxygen atoms in total. The molecule has 0 aromatic rings. The largest absolute Gasteiger partial charge is 0.510 e. The average molecular weight is 174 g/mol. The number of hydrogen-bond donors (Lipinski definition) is 3. The van der Waals surface area contributed by atoms with Gasteiger partial charge in [0.2, 0.25) is 0 Å². The molecule has 1 aliphatic rings. The van der Waals surface area contributed by atoms with Crippen LogP contribution in [0.2, 0.25) is 0 Å². The summed E-state index contributed by atoms with van der Waals surface area (Å²) >= 11 is 0. The van der Waals surface area contributed by atoms with Gasteiger partial charge in [-0.3, -0.25) is 0 Å². The second-order valence-electron chi connectivity index (χ2n) is 3.12. The highest BCUT2D eigenvalue weighted by Gasteiger charge is 2.35. The van der Waals surface area contributed by atoms with Gasteiger partial charge in [0.15, 0.2) is 0 Å². The van der Waals surface area contributed by atoms with E-state index in [4.69, 9.17) is 9.84 Å². The maximum Gasteiger partial charge on any atom is 0.140 e.